The highest BCUT2D eigenvalue weighted by Gasteiger charge is 2.22. The average Bonchev–Trinajstić information content (AvgIpc) is 3.10. The molecule has 0 fully saturated rings. The number of rotatable bonds is 5. The van der Waals surface area contributed by atoms with Crippen LogP contribution in [0, 0.1) is 18.3 Å². The largest absolute Gasteiger partial charge is 0.333 e. The van der Waals surface area contributed by atoms with E-state index in [9.17, 15) is 9.59 Å². The monoisotopic (exact) mass is 405 g/mol. The maximum Gasteiger partial charge on any atom is 0.271 e. The Morgan fingerprint density at radius 3 is 2.55 bits per heavy atom. The lowest BCUT2D eigenvalue weighted by Gasteiger charge is -2.17. The van der Waals surface area contributed by atoms with E-state index in [1.165, 1.54) is 23.6 Å². The molecule has 0 aliphatic carbocycles. The van der Waals surface area contributed by atoms with Crippen molar-refractivity contribution in [2.24, 2.45) is 0 Å². The third-order valence-corrected chi connectivity index (χ3v) is 5.18. The van der Waals surface area contributed by atoms with E-state index < -0.39 is 11.4 Å². The first-order chi connectivity index (χ1) is 13.8. The molecule has 0 radical (unpaired) electrons. The van der Waals surface area contributed by atoms with Crippen LogP contribution in [0.2, 0.25) is 0 Å². The van der Waals surface area contributed by atoms with Crippen LogP contribution in [0.3, 0.4) is 0 Å². The van der Waals surface area contributed by atoms with Gasteiger partial charge in [-0.05, 0) is 32.9 Å². The van der Waals surface area contributed by atoms with Crippen LogP contribution in [0.25, 0.3) is 10.6 Å². The zero-order valence-electron chi connectivity index (χ0n) is 16.2. The predicted molar refractivity (Wildman–Crippen MR) is 112 cm³/mol. The summed E-state index contributed by atoms with van der Waals surface area (Å²) in [6.07, 6.45) is 1.43. The van der Waals surface area contributed by atoms with Gasteiger partial charge in [-0.1, -0.05) is 30.3 Å². The molecule has 146 valence electrons. The van der Waals surface area contributed by atoms with E-state index in [0.29, 0.717) is 16.3 Å². The molecule has 2 N–H and O–H groups in total. The summed E-state index contributed by atoms with van der Waals surface area (Å²) in [5, 5.41) is 15.2. The van der Waals surface area contributed by atoms with Crippen LogP contribution in [0.1, 0.15) is 39.7 Å². The van der Waals surface area contributed by atoms with Crippen molar-refractivity contribution in [2.75, 3.05) is 5.32 Å². The van der Waals surface area contributed by atoms with Crippen molar-refractivity contribution in [1.82, 2.24) is 15.3 Å². The third-order valence-electron chi connectivity index (χ3n) is 3.98. The van der Waals surface area contributed by atoms with Crippen LogP contribution in [0.5, 0.6) is 0 Å². The topological polar surface area (TPSA) is 108 Å². The second kappa shape index (κ2) is 8.20. The van der Waals surface area contributed by atoms with E-state index in [0.717, 1.165) is 10.6 Å². The van der Waals surface area contributed by atoms with E-state index >= 15 is 0 Å². The molecular weight excluding hydrogens is 386 g/mol. The second-order valence-electron chi connectivity index (χ2n) is 6.87. The summed E-state index contributed by atoms with van der Waals surface area (Å²) in [6, 6.07) is 14.7. The first kappa shape index (κ1) is 20.2. The fraction of sp³-hybridized carbons (Fsp3) is 0.190. The summed E-state index contributed by atoms with van der Waals surface area (Å²) < 4.78 is 0. The number of hydrogen-bond acceptors (Lipinski definition) is 6. The molecule has 0 unspecified atom stereocenters. The van der Waals surface area contributed by atoms with Gasteiger partial charge in [0.05, 0.1) is 11.8 Å². The number of amides is 2. The molecule has 0 saturated carbocycles. The number of thiazole rings is 1. The van der Waals surface area contributed by atoms with E-state index in [4.69, 9.17) is 5.26 Å². The van der Waals surface area contributed by atoms with Crippen LogP contribution in [0.4, 0.5) is 5.69 Å². The summed E-state index contributed by atoms with van der Waals surface area (Å²) >= 11 is 1.31. The van der Waals surface area contributed by atoms with Gasteiger partial charge in [-0.15, -0.1) is 11.3 Å². The molecule has 2 heterocycles. The Bertz CT molecular complexity index is 1100. The number of carbonyl (C=O) groups excluding carboxylic acids is 2. The summed E-state index contributed by atoms with van der Waals surface area (Å²) in [7, 11) is 0. The summed E-state index contributed by atoms with van der Waals surface area (Å²) in [5.41, 5.74) is 1.10. The van der Waals surface area contributed by atoms with Crippen molar-refractivity contribution in [3.05, 3.63) is 64.9 Å². The first-order valence-electron chi connectivity index (χ1n) is 8.83. The van der Waals surface area contributed by atoms with E-state index in [1.54, 1.807) is 26.8 Å². The molecule has 2 aromatic heterocycles. The number of nitrogens with one attached hydrogen (secondary N) is 2. The van der Waals surface area contributed by atoms with Crippen molar-refractivity contribution >= 4 is 28.8 Å². The van der Waals surface area contributed by atoms with Crippen molar-refractivity contribution < 1.29 is 9.59 Å². The summed E-state index contributed by atoms with van der Waals surface area (Å²) in [6.45, 7) is 4.97. The first-order valence-corrected chi connectivity index (χ1v) is 9.65. The molecule has 0 atom stereocenters. The molecule has 3 aromatic rings. The average molecular weight is 405 g/mol. The van der Waals surface area contributed by atoms with Gasteiger partial charge in [0.25, 0.3) is 11.8 Å². The van der Waals surface area contributed by atoms with Crippen LogP contribution >= 0.6 is 11.3 Å². The van der Waals surface area contributed by atoms with Crippen LogP contribution < -0.4 is 10.6 Å². The molecule has 3 rings (SSSR count). The predicted octanol–water partition coefficient (Wildman–Crippen LogP) is 3.80. The fourth-order valence-electron chi connectivity index (χ4n) is 2.51. The minimum absolute atomic E-state index is 0.108. The lowest BCUT2D eigenvalue weighted by Crippen LogP contribution is -2.42. The molecule has 2 amide bonds. The molecule has 8 heteroatoms. The molecule has 0 saturated heterocycles. The Morgan fingerprint density at radius 1 is 1.14 bits per heavy atom. The minimum Gasteiger partial charge on any atom is -0.333 e. The van der Waals surface area contributed by atoms with Gasteiger partial charge in [0, 0.05) is 17.4 Å². The molecule has 0 aliphatic rings. The highest BCUT2D eigenvalue weighted by molar-refractivity contribution is 7.17. The highest BCUT2D eigenvalue weighted by Crippen LogP contribution is 2.28. The zero-order valence-corrected chi connectivity index (χ0v) is 17.0. The van der Waals surface area contributed by atoms with Gasteiger partial charge in [0.2, 0.25) is 0 Å². The van der Waals surface area contributed by atoms with Gasteiger partial charge in [0.1, 0.15) is 21.1 Å². The van der Waals surface area contributed by atoms with Crippen molar-refractivity contribution in [3.8, 4) is 16.6 Å². The Hall–Kier alpha value is -3.57. The number of anilines is 1. The Morgan fingerprint density at radius 2 is 1.86 bits per heavy atom. The number of nitrogens with zero attached hydrogens (tertiary/aromatic N) is 3. The molecule has 7 nitrogen and oxygen atoms in total. The smallest absolute Gasteiger partial charge is 0.271 e. The lowest BCUT2D eigenvalue weighted by molar-refractivity contribution is 0.0923. The lowest BCUT2D eigenvalue weighted by atomic mass is 10.1. The molecule has 29 heavy (non-hydrogen) atoms. The summed E-state index contributed by atoms with van der Waals surface area (Å²) in [4.78, 5) is 34.0. The van der Waals surface area contributed by atoms with Crippen molar-refractivity contribution in [1.29, 1.82) is 5.26 Å². The quantitative estimate of drug-likeness (QED) is 0.671. The van der Waals surface area contributed by atoms with Gasteiger partial charge >= 0.3 is 0 Å². The normalized spacial score (nSPS) is 10.8. The summed E-state index contributed by atoms with van der Waals surface area (Å²) in [5.74, 6) is -0.801. The van der Waals surface area contributed by atoms with Gasteiger partial charge in [-0.25, -0.2) is 4.98 Å². The molecule has 0 spiro atoms. The van der Waals surface area contributed by atoms with Crippen LogP contribution in [-0.2, 0) is 0 Å². The van der Waals surface area contributed by atoms with Crippen molar-refractivity contribution in [3.63, 3.8) is 0 Å². The Labute approximate surface area is 172 Å². The van der Waals surface area contributed by atoms with Gasteiger partial charge in [-0.3, -0.25) is 14.6 Å². The SMILES string of the molecule is Cc1nc(-c2ccccc2)sc1C(=O)Nc1ccnc(C(=O)NC(C)(C)C#N)c1. The van der Waals surface area contributed by atoms with Gasteiger partial charge < -0.3 is 10.6 Å². The van der Waals surface area contributed by atoms with E-state index in [2.05, 4.69) is 20.6 Å². The molecule has 1 aromatic carbocycles. The maximum atomic E-state index is 12.7. The molecular formula is C21H19N5O2S. The second-order valence-corrected chi connectivity index (χ2v) is 7.87. The Kier molecular flexibility index (Phi) is 5.71. The number of hydrogen-bond donors (Lipinski definition) is 2. The number of carbonyl (C=O) groups is 2. The number of pyridine rings is 1. The van der Waals surface area contributed by atoms with Crippen LogP contribution in [-0.4, -0.2) is 27.3 Å². The van der Waals surface area contributed by atoms with E-state index in [-0.39, 0.29) is 11.6 Å². The number of aromatic nitrogens is 2. The number of aryl methyl sites for hydroxylation is 1. The highest BCUT2D eigenvalue weighted by atomic mass is 32.1. The minimum atomic E-state index is -1.02. The number of benzene rings is 1. The van der Waals surface area contributed by atoms with Crippen molar-refractivity contribution in [2.45, 2.75) is 26.3 Å². The molecule has 0 bridgehead atoms. The number of nitriles is 1. The standard InChI is InChI=1S/C21H19N5O2S/c1-13-17(29-20(24-13)14-7-5-4-6-8-14)19(28)25-15-9-10-23-16(11-15)18(27)26-21(2,3)12-22/h4-11H,1-3H3,(H,26,27)(H,23,25,28). The van der Waals surface area contributed by atoms with Gasteiger partial charge in [-0.2, -0.15) is 5.26 Å². The molecule has 0 aliphatic heterocycles. The maximum absolute atomic E-state index is 12.7. The zero-order chi connectivity index (χ0) is 21.0. The Balaban J connectivity index is 1.77. The fourth-order valence-corrected chi connectivity index (χ4v) is 3.47. The third kappa shape index (κ3) is 4.83. The van der Waals surface area contributed by atoms with Gasteiger partial charge in [0.15, 0.2) is 0 Å². The van der Waals surface area contributed by atoms with E-state index in [1.807, 2.05) is 36.4 Å². The van der Waals surface area contributed by atoms with Crippen LogP contribution in [0.15, 0.2) is 48.7 Å².